The Hall–Kier alpha value is -1.29. The lowest BCUT2D eigenvalue weighted by Gasteiger charge is -2.14. The third-order valence-corrected chi connectivity index (χ3v) is 2.27. The minimum absolute atomic E-state index is 0.642. The number of ether oxygens (including phenoxy) is 1. The lowest BCUT2D eigenvalue weighted by atomic mass is 10.4. The van der Waals surface area contributed by atoms with Crippen molar-refractivity contribution in [3.05, 3.63) is 18.2 Å². The van der Waals surface area contributed by atoms with Crippen molar-refractivity contribution in [2.75, 3.05) is 39.1 Å². The molecule has 0 aliphatic carbocycles. The van der Waals surface area contributed by atoms with Crippen molar-refractivity contribution in [3.63, 3.8) is 0 Å². The minimum Gasteiger partial charge on any atom is -0.481 e. The Bertz CT molecular complexity index is 291. The van der Waals surface area contributed by atoms with Gasteiger partial charge in [0.2, 0.25) is 5.88 Å². The number of nitrogens with one attached hydrogen (secondary N) is 1. The van der Waals surface area contributed by atoms with Crippen LogP contribution in [0.25, 0.3) is 0 Å². The van der Waals surface area contributed by atoms with Gasteiger partial charge in [-0.1, -0.05) is 13.0 Å². The van der Waals surface area contributed by atoms with Crippen LogP contribution >= 0.6 is 0 Å². The SMILES string of the molecule is CCN(C)CCNc1cccc(OC)n1. The summed E-state index contributed by atoms with van der Waals surface area (Å²) in [5.74, 6) is 1.50. The number of nitrogens with zero attached hydrogens (tertiary/aromatic N) is 2. The zero-order valence-corrected chi connectivity index (χ0v) is 9.66. The third-order valence-electron chi connectivity index (χ3n) is 2.27. The minimum atomic E-state index is 0.642. The normalized spacial score (nSPS) is 10.4. The molecule has 1 aromatic heterocycles. The molecule has 15 heavy (non-hydrogen) atoms. The fourth-order valence-electron chi connectivity index (χ4n) is 1.16. The van der Waals surface area contributed by atoms with E-state index in [4.69, 9.17) is 4.74 Å². The van der Waals surface area contributed by atoms with E-state index in [1.165, 1.54) is 0 Å². The van der Waals surface area contributed by atoms with Gasteiger partial charge in [0, 0.05) is 19.2 Å². The van der Waals surface area contributed by atoms with Gasteiger partial charge in [0.25, 0.3) is 0 Å². The number of likely N-dealkylation sites (N-methyl/N-ethyl adjacent to an activating group) is 1. The molecule has 0 unspecified atom stereocenters. The van der Waals surface area contributed by atoms with Crippen molar-refractivity contribution < 1.29 is 4.74 Å². The van der Waals surface area contributed by atoms with Gasteiger partial charge in [0.05, 0.1) is 7.11 Å². The van der Waals surface area contributed by atoms with Gasteiger partial charge in [0.15, 0.2) is 0 Å². The maximum atomic E-state index is 5.04. The van der Waals surface area contributed by atoms with E-state index in [-0.39, 0.29) is 0 Å². The van der Waals surface area contributed by atoms with Crippen LogP contribution in [-0.2, 0) is 0 Å². The molecule has 1 rings (SSSR count). The fraction of sp³-hybridized carbons (Fsp3) is 0.545. The Morgan fingerprint density at radius 3 is 2.93 bits per heavy atom. The van der Waals surface area contributed by atoms with E-state index in [1.807, 2.05) is 18.2 Å². The van der Waals surface area contributed by atoms with Gasteiger partial charge in [-0.15, -0.1) is 0 Å². The molecule has 1 aromatic rings. The largest absolute Gasteiger partial charge is 0.481 e. The second kappa shape index (κ2) is 6.24. The first-order valence-corrected chi connectivity index (χ1v) is 5.19. The van der Waals surface area contributed by atoms with Gasteiger partial charge in [-0.25, -0.2) is 0 Å². The molecule has 1 N–H and O–H groups in total. The summed E-state index contributed by atoms with van der Waals surface area (Å²) in [6.45, 7) is 5.11. The Morgan fingerprint density at radius 1 is 1.47 bits per heavy atom. The monoisotopic (exact) mass is 209 g/mol. The lowest BCUT2D eigenvalue weighted by molar-refractivity contribution is 0.366. The summed E-state index contributed by atoms with van der Waals surface area (Å²) in [5.41, 5.74) is 0. The van der Waals surface area contributed by atoms with Crippen LogP contribution in [0.15, 0.2) is 18.2 Å². The fourth-order valence-corrected chi connectivity index (χ4v) is 1.16. The molecule has 1 heterocycles. The number of aromatic nitrogens is 1. The predicted molar refractivity (Wildman–Crippen MR) is 62.4 cm³/mol. The summed E-state index contributed by atoms with van der Waals surface area (Å²) in [4.78, 5) is 6.51. The summed E-state index contributed by atoms with van der Waals surface area (Å²) in [6, 6.07) is 5.70. The molecular weight excluding hydrogens is 190 g/mol. The molecule has 4 nitrogen and oxygen atoms in total. The number of anilines is 1. The van der Waals surface area contributed by atoms with E-state index in [9.17, 15) is 0 Å². The van der Waals surface area contributed by atoms with Crippen molar-refractivity contribution in [1.82, 2.24) is 9.88 Å². The Kier molecular flexibility index (Phi) is 4.90. The average molecular weight is 209 g/mol. The van der Waals surface area contributed by atoms with Gasteiger partial charge in [-0.3, -0.25) is 0 Å². The van der Waals surface area contributed by atoms with E-state index < -0.39 is 0 Å². The van der Waals surface area contributed by atoms with Crippen molar-refractivity contribution in [2.45, 2.75) is 6.92 Å². The molecule has 0 spiro atoms. The van der Waals surface area contributed by atoms with Crippen LogP contribution in [0.1, 0.15) is 6.92 Å². The zero-order valence-electron chi connectivity index (χ0n) is 9.66. The number of hydrogen-bond donors (Lipinski definition) is 1. The van der Waals surface area contributed by atoms with Crippen molar-refractivity contribution in [2.24, 2.45) is 0 Å². The van der Waals surface area contributed by atoms with Crippen LogP contribution in [-0.4, -0.2) is 43.7 Å². The number of rotatable bonds is 6. The van der Waals surface area contributed by atoms with Crippen LogP contribution in [0.3, 0.4) is 0 Å². The summed E-state index contributed by atoms with van der Waals surface area (Å²) in [7, 11) is 3.72. The molecule has 0 atom stereocenters. The van der Waals surface area contributed by atoms with Gasteiger partial charge in [-0.2, -0.15) is 4.98 Å². The molecule has 0 aliphatic heterocycles. The second-order valence-electron chi connectivity index (χ2n) is 3.39. The molecule has 0 amide bonds. The molecule has 4 heteroatoms. The number of hydrogen-bond acceptors (Lipinski definition) is 4. The average Bonchev–Trinajstić information content (AvgIpc) is 2.29. The topological polar surface area (TPSA) is 37.4 Å². The molecular formula is C11H19N3O. The van der Waals surface area contributed by atoms with E-state index in [0.717, 1.165) is 25.5 Å². The predicted octanol–water partition coefficient (Wildman–Crippen LogP) is 1.45. The highest BCUT2D eigenvalue weighted by molar-refractivity contribution is 5.36. The van der Waals surface area contributed by atoms with Gasteiger partial charge in [0.1, 0.15) is 5.82 Å². The first-order valence-electron chi connectivity index (χ1n) is 5.19. The molecule has 84 valence electrons. The van der Waals surface area contributed by atoms with Gasteiger partial charge >= 0.3 is 0 Å². The van der Waals surface area contributed by atoms with E-state index in [0.29, 0.717) is 5.88 Å². The third kappa shape index (κ3) is 4.16. The Balaban J connectivity index is 2.37. The lowest BCUT2D eigenvalue weighted by Crippen LogP contribution is -2.24. The zero-order chi connectivity index (χ0) is 11.1. The summed E-state index contributed by atoms with van der Waals surface area (Å²) in [5, 5.41) is 3.25. The van der Waals surface area contributed by atoms with Crippen LogP contribution < -0.4 is 10.1 Å². The highest BCUT2D eigenvalue weighted by Crippen LogP contribution is 2.09. The van der Waals surface area contributed by atoms with Crippen molar-refractivity contribution >= 4 is 5.82 Å². The quantitative estimate of drug-likeness (QED) is 0.769. The summed E-state index contributed by atoms with van der Waals surface area (Å²) >= 11 is 0. The van der Waals surface area contributed by atoms with Crippen LogP contribution in [0.5, 0.6) is 5.88 Å². The molecule has 0 aromatic carbocycles. The second-order valence-corrected chi connectivity index (χ2v) is 3.39. The molecule has 0 fully saturated rings. The smallest absolute Gasteiger partial charge is 0.214 e. The highest BCUT2D eigenvalue weighted by Gasteiger charge is 1.97. The highest BCUT2D eigenvalue weighted by atomic mass is 16.5. The Labute approximate surface area is 91.3 Å². The number of methoxy groups -OCH3 is 1. The maximum absolute atomic E-state index is 5.04. The molecule has 0 aliphatic rings. The van der Waals surface area contributed by atoms with Gasteiger partial charge < -0.3 is 15.0 Å². The van der Waals surface area contributed by atoms with Crippen LogP contribution in [0, 0.1) is 0 Å². The molecule has 0 saturated carbocycles. The van der Waals surface area contributed by atoms with Crippen LogP contribution in [0.2, 0.25) is 0 Å². The van der Waals surface area contributed by atoms with Crippen molar-refractivity contribution in [1.29, 1.82) is 0 Å². The summed E-state index contributed by atoms with van der Waals surface area (Å²) in [6.07, 6.45) is 0. The molecule has 0 bridgehead atoms. The van der Waals surface area contributed by atoms with E-state index in [1.54, 1.807) is 7.11 Å². The van der Waals surface area contributed by atoms with Crippen LogP contribution in [0.4, 0.5) is 5.82 Å². The van der Waals surface area contributed by atoms with E-state index in [2.05, 4.69) is 29.2 Å². The molecule has 0 saturated heterocycles. The first-order chi connectivity index (χ1) is 7.26. The Morgan fingerprint density at radius 2 is 2.27 bits per heavy atom. The van der Waals surface area contributed by atoms with Crippen molar-refractivity contribution in [3.8, 4) is 5.88 Å². The maximum Gasteiger partial charge on any atom is 0.214 e. The first kappa shape index (κ1) is 11.8. The van der Waals surface area contributed by atoms with E-state index >= 15 is 0 Å². The standard InChI is InChI=1S/C11H19N3O/c1-4-14(2)9-8-12-10-6-5-7-11(13-10)15-3/h5-7H,4,8-9H2,1-3H3,(H,12,13). The molecule has 0 radical (unpaired) electrons. The van der Waals surface area contributed by atoms with Gasteiger partial charge in [-0.05, 0) is 19.7 Å². The number of pyridine rings is 1. The summed E-state index contributed by atoms with van der Waals surface area (Å²) < 4.78 is 5.04.